The topological polar surface area (TPSA) is 48.4 Å². The van der Waals surface area contributed by atoms with Gasteiger partial charge < -0.3 is 14.9 Å². The number of methoxy groups -OCH3 is 1. The molecule has 1 atom stereocenters. The van der Waals surface area contributed by atoms with Crippen molar-refractivity contribution in [3.63, 3.8) is 0 Å². The Labute approximate surface area is 78.9 Å². The van der Waals surface area contributed by atoms with Crippen molar-refractivity contribution in [2.45, 2.75) is 25.3 Å². The molecule has 0 amide bonds. The molecule has 1 rings (SSSR count). The van der Waals surface area contributed by atoms with E-state index in [0.717, 1.165) is 25.9 Å². The fourth-order valence-corrected chi connectivity index (χ4v) is 1.30. The number of hydrogen-bond donors (Lipinski definition) is 1. The number of hydrogen-bond acceptors (Lipinski definition) is 3. The highest BCUT2D eigenvalue weighted by Crippen LogP contribution is 2.06. The third kappa shape index (κ3) is 4.10. The normalized spacial score (nSPS) is 13.1. The van der Waals surface area contributed by atoms with Crippen molar-refractivity contribution >= 4 is 0 Å². The van der Waals surface area contributed by atoms with Crippen LogP contribution >= 0.6 is 0 Å². The molecule has 74 valence electrons. The Morgan fingerprint density at radius 2 is 2.46 bits per heavy atom. The predicted molar refractivity (Wildman–Crippen MR) is 51.5 cm³/mol. The molecule has 3 heteroatoms. The van der Waals surface area contributed by atoms with Gasteiger partial charge in [0.15, 0.2) is 0 Å². The van der Waals surface area contributed by atoms with Gasteiger partial charge >= 0.3 is 0 Å². The number of nitrogens with two attached hydrogens (primary N) is 1. The van der Waals surface area contributed by atoms with Crippen LogP contribution in [0.2, 0.25) is 0 Å². The zero-order chi connectivity index (χ0) is 9.52. The molecule has 0 aliphatic heterocycles. The molecule has 13 heavy (non-hydrogen) atoms. The zero-order valence-electron chi connectivity index (χ0n) is 8.03. The molecule has 0 radical (unpaired) electrons. The van der Waals surface area contributed by atoms with Crippen LogP contribution in [0.15, 0.2) is 23.0 Å². The Morgan fingerprint density at radius 1 is 1.62 bits per heavy atom. The second-order valence-electron chi connectivity index (χ2n) is 3.23. The average molecular weight is 183 g/mol. The predicted octanol–water partition coefficient (Wildman–Crippen LogP) is 1.58. The summed E-state index contributed by atoms with van der Waals surface area (Å²) in [5, 5.41) is 0. The molecule has 0 saturated carbocycles. The minimum absolute atomic E-state index is 0.216. The van der Waals surface area contributed by atoms with Crippen molar-refractivity contribution in [3.8, 4) is 0 Å². The van der Waals surface area contributed by atoms with Crippen molar-refractivity contribution in [1.29, 1.82) is 0 Å². The third-order valence-electron chi connectivity index (χ3n) is 2.00. The van der Waals surface area contributed by atoms with E-state index in [9.17, 15) is 0 Å². The van der Waals surface area contributed by atoms with Crippen LogP contribution in [0.4, 0.5) is 0 Å². The van der Waals surface area contributed by atoms with Crippen LogP contribution in [0.25, 0.3) is 0 Å². The van der Waals surface area contributed by atoms with Gasteiger partial charge in [0.2, 0.25) is 0 Å². The van der Waals surface area contributed by atoms with Gasteiger partial charge in [-0.15, -0.1) is 0 Å². The van der Waals surface area contributed by atoms with Gasteiger partial charge in [0, 0.05) is 19.8 Å². The second kappa shape index (κ2) is 5.78. The first kappa shape index (κ1) is 10.3. The molecule has 0 aromatic carbocycles. The van der Waals surface area contributed by atoms with E-state index in [1.54, 1.807) is 19.6 Å². The van der Waals surface area contributed by atoms with Gasteiger partial charge in [0.1, 0.15) is 0 Å². The maximum atomic E-state index is 5.91. The fraction of sp³-hybridized carbons (Fsp3) is 0.600. The highest BCUT2D eigenvalue weighted by atomic mass is 16.5. The van der Waals surface area contributed by atoms with Crippen LogP contribution in [0.5, 0.6) is 0 Å². The van der Waals surface area contributed by atoms with Crippen LogP contribution in [-0.4, -0.2) is 19.8 Å². The van der Waals surface area contributed by atoms with E-state index in [1.807, 2.05) is 6.07 Å². The Balaban J connectivity index is 2.14. The van der Waals surface area contributed by atoms with Crippen LogP contribution < -0.4 is 5.73 Å². The van der Waals surface area contributed by atoms with Gasteiger partial charge in [-0.2, -0.15) is 0 Å². The van der Waals surface area contributed by atoms with Crippen LogP contribution in [0.1, 0.15) is 18.4 Å². The van der Waals surface area contributed by atoms with Gasteiger partial charge in [0.05, 0.1) is 12.5 Å². The summed E-state index contributed by atoms with van der Waals surface area (Å²) in [5.41, 5.74) is 7.08. The van der Waals surface area contributed by atoms with E-state index >= 15 is 0 Å². The lowest BCUT2D eigenvalue weighted by Gasteiger charge is -2.08. The summed E-state index contributed by atoms with van der Waals surface area (Å²) >= 11 is 0. The summed E-state index contributed by atoms with van der Waals surface area (Å²) in [6.07, 6.45) is 6.34. The number of rotatable bonds is 6. The van der Waals surface area contributed by atoms with Crippen LogP contribution in [0.3, 0.4) is 0 Å². The minimum atomic E-state index is 0.216. The smallest absolute Gasteiger partial charge is 0.0935 e. The maximum Gasteiger partial charge on any atom is 0.0935 e. The zero-order valence-corrected chi connectivity index (χ0v) is 8.03. The molecule has 0 fully saturated rings. The number of furan rings is 1. The lowest BCUT2D eigenvalue weighted by atomic mass is 10.1. The fourth-order valence-electron chi connectivity index (χ4n) is 1.30. The molecular formula is C10H17NO2. The molecule has 0 bridgehead atoms. The van der Waals surface area contributed by atoms with Crippen molar-refractivity contribution in [2.75, 3.05) is 13.7 Å². The first-order valence-electron chi connectivity index (χ1n) is 4.58. The summed E-state index contributed by atoms with van der Waals surface area (Å²) in [4.78, 5) is 0. The van der Waals surface area contributed by atoms with E-state index in [2.05, 4.69) is 0 Å². The van der Waals surface area contributed by atoms with Gasteiger partial charge in [-0.05, 0) is 30.9 Å². The van der Waals surface area contributed by atoms with Crippen molar-refractivity contribution in [2.24, 2.45) is 5.73 Å². The van der Waals surface area contributed by atoms with Crippen molar-refractivity contribution < 1.29 is 9.15 Å². The summed E-state index contributed by atoms with van der Waals surface area (Å²) in [5.74, 6) is 0. The van der Waals surface area contributed by atoms with Crippen molar-refractivity contribution in [1.82, 2.24) is 0 Å². The van der Waals surface area contributed by atoms with E-state index < -0.39 is 0 Å². The first-order chi connectivity index (χ1) is 6.33. The molecule has 1 unspecified atom stereocenters. The molecule has 1 aromatic heterocycles. The second-order valence-corrected chi connectivity index (χ2v) is 3.23. The van der Waals surface area contributed by atoms with Crippen molar-refractivity contribution in [3.05, 3.63) is 24.2 Å². The molecule has 0 spiro atoms. The monoisotopic (exact) mass is 183 g/mol. The van der Waals surface area contributed by atoms with E-state index in [0.29, 0.717) is 0 Å². The molecule has 1 aromatic rings. The number of ether oxygens (including phenoxy) is 1. The first-order valence-corrected chi connectivity index (χ1v) is 4.58. The van der Waals surface area contributed by atoms with Crippen LogP contribution in [0, 0.1) is 0 Å². The standard InChI is InChI=1S/C10H17NO2/c1-12-5-2-3-10(11)7-9-4-6-13-8-9/h4,6,8,10H,2-3,5,7,11H2,1H3. The Kier molecular flexibility index (Phi) is 4.57. The largest absolute Gasteiger partial charge is 0.472 e. The minimum Gasteiger partial charge on any atom is -0.472 e. The van der Waals surface area contributed by atoms with Gasteiger partial charge in [0.25, 0.3) is 0 Å². The van der Waals surface area contributed by atoms with E-state index in [4.69, 9.17) is 14.9 Å². The molecule has 3 nitrogen and oxygen atoms in total. The Bertz CT molecular complexity index is 209. The maximum absolute atomic E-state index is 5.91. The summed E-state index contributed by atoms with van der Waals surface area (Å²) in [7, 11) is 1.71. The highest BCUT2D eigenvalue weighted by molar-refractivity contribution is 5.06. The van der Waals surface area contributed by atoms with E-state index in [-0.39, 0.29) is 6.04 Å². The molecule has 0 aliphatic rings. The molecule has 1 heterocycles. The molecule has 0 aliphatic carbocycles. The van der Waals surface area contributed by atoms with E-state index in [1.165, 1.54) is 5.56 Å². The molecular weight excluding hydrogens is 166 g/mol. The summed E-state index contributed by atoms with van der Waals surface area (Å²) < 4.78 is 9.91. The SMILES string of the molecule is COCCCC(N)Cc1ccoc1. The van der Waals surface area contributed by atoms with Crippen LogP contribution in [-0.2, 0) is 11.2 Å². The average Bonchev–Trinajstić information content (AvgIpc) is 2.57. The third-order valence-corrected chi connectivity index (χ3v) is 2.00. The Morgan fingerprint density at radius 3 is 3.08 bits per heavy atom. The van der Waals surface area contributed by atoms with Gasteiger partial charge in [-0.25, -0.2) is 0 Å². The summed E-state index contributed by atoms with van der Waals surface area (Å²) in [6, 6.07) is 2.17. The van der Waals surface area contributed by atoms with Gasteiger partial charge in [-0.1, -0.05) is 0 Å². The Hall–Kier alpha value is -0.800. The lowest BCUT2D eigenvalue weighted by Crippen LogP contribution is -2.22. The highest BCUT2D eigenvalue weighted by Gasteiger charge is 2.04. The lowest BCUT2D eigenvalue weighted by molar-refractivity contribution is 0.190. The quantitative estimate of drug-likeness (QED) is 0.681. The molecule has 0 saturated heterocycles. The molecule has 2 N–H and O–H groups in total. The summed E-state index contributed by atoms with van der Waals surface area (Å²) in [6.45, 7) is 0.791. The van der Waals surface area contributed by atoms with Gasteiger partial charge in [-0.3, -0.25) is 0 Å².